The molecule has 6 heteroatoms. The van der Waals surface area contributed by atoms with Crippen molar-refractivity contribution in [2.75, 3.05) is 13.7 Å². The van der Waals surface area contributed by atoms with Gasteiger partial charge in [-0.25, -0.2) is 9.78 Å². The van der Waals surface area contributed by atoms with Gasteiger partial charge in [-0.1, -0.05) is 0 Å². The van der Waals surface area contributed by atoms with Crippen LogP contribution in [0.3, 0.4) is 0 Å². The highest BCUT2D eigenvalue weighted by molar-refractivity contribution is 6.04. The molecule has 1 atom stereocenters. The van der Waals surface area contributed by atoms with Crippen LogP contribution in [-0.4, -0.2) is 42.4 Å². The summed E-state index contributed by atoms with van der Waals surface area (Å²) in [5, 5.41) is 0. The maximum absolute atomic E-state index is 11.5. The number of aromatic nitrogens is 2. The van der Waals surface area contributed by atoms with Crippen LogP contribution >= 0.6 is 0 Å². The highest BCUT2D eigenvalue weighted by Gasteiger charge is 2.24. The van der Waals surface area contributed by atoms with E-state index in [9.17, 15) is 4.79 Å². The van der Waals surface area contributed by atoms with E-state index in [2.05, 4.69) is 9.97 Å². The first kappa shape index (κ1) is 12.2. The number of hydrogen-bond donors (Lipinski definition) is 1. The van der Waals surface area contributed by atoms with E-state index < -0.39 is 0 Å². The summed E-state index contributed by atoms with van der Waals surface area (Å²) in [6.07, 6.45) is 2.08. The van der Waals surface area contributed by atoms with Gasteiger partial charge in [0.25, 0.3) is 0 Å². The van der Waals surface area contributed by atoms with E-state index in [4.69, 9.17) is 12.7 Å². The monoisotopic (exact) mass is 255 g/mol. The van der Waals surface area contributed by atoms with E-state index in [0.29, 0.717) is 5.56 Å². The molecular weight excluding hydrogens is 241 g/mol. The molecule has 3 rings (SSSR count). The summed E-state index contributed by atoms with van der Waals surface area (Å²) >= 11 is 0. The van der Waals surface area contributed by atoms with Crippen molar-refractivity contribution in [3.8, 4) is 0 Å². The largest absolute Gasteiger partial charge is 0.465 e. The summed E-state index contributed by atoms with van der Waals surface area (Å²) in [6.45, 7) is 0.884. The van der Waals surface area contributed by atoms with Crippen molar-refractivity contribution in [2.24, 2.45) is 0 Å². The van der Waals surface area contributed by atoms with Crippen molar-refractivity contribution >= 4 is 25.0 Å². The average Bonchev–Trinajstić information content (AvgIpc) is 3.02. The number of carbonyl (C=O) groups excluding carboxylic acids is 1. The molecule has 0 aliphatic carbocycles. The summed E-state index contributed by atoms with van der Waals surface area (Å²) in [5.41, 5.74) is 2.18. The van der Waals surface area contributed by atoms with Crippen LogP contribution < -0.4 is 0 Å². The van der Waals surface area contributed by atoms with Crippen LogP contribution in [0.15, 0.2) is 18.2 Å². The Hall–Kier alpha value is -1.82. The van der Waals surface area contributed by atoms with Gasteiger partial charge in [-0.2, -0.15) is 0 Å². The van der Waals surface area contributed by atoms with E-state index in [1.54, 1.807) is 16.9 Å². The third-order valence-electron chi connectivity index (χ3n) is 3.53. The number of hydrogen-bond acceptors (Lipinski definition) is 4. The van der Waals surface area contributed by atoms with Crippen molar-refractivity contribution in [1.29, 1.82) is 0 Å². The lowest BCUT2D eigenvalue weighted by atomic mass is 10.2. The molecule has 0 saturated carbocycles. The smallest absolute Gasteiger partial charge is 0.337 e. The van der Waals surface area contributed by atoms with Gasteiger partial charge in [-0.3, -0.25) is 0 Å². The van der Waals surface area contributed by atoms with Crippen molar-refractivity contribution in [3.63, 3.8) is 0 Å². The number of esters is 1. The molecule has 1 aliphatic rings. The number of nitrogens with zero attached hydrogens (tertiary/aromatic N) is 2. The summed E-state index contributed by atoms with van der Waals surface area (Å²) in [4.78, 5) is 21.1. The van der Waals surface area contributed by atoms with Gasteiger partial charge >= 0.3 is 5.97 Å². The molecular formula is C13H14BN3O2. The summed E-state index contributed by atoms with van der Waals surface area (Å²) in [7, 11) is 7.30. The van der Waals surface area contributed by atoms with Crippen LogP contribution in [0.25, 0.3) is 11.0 Å². The fourth-order valence-electron chi connectivity index (χ4n) is 2.51. The van der Waals surface area contributed by atoms with Gasteiger partial charge < -0.3 is 14.5 Å². The van der Waals surface area contributed by atoms with E-state index in [1.165, 1.54) is 7.11 Å². The number of methoxy groups -OCH3 is 1. The normalized spacial score (nSPS) is 19.9. The number of nitrogens with one attached hydrogen (secondary N) is 1. The zero-order valence-electron chi connectivity index (χ0n) is 10.7. The van der Waals surface area contributed by atoms with Gasteiger partial charge in [0.05, 0.1) is 29.7 Å². The Bertz CT molecular complexity index is 625. The number of imidazole rings is 1. The number of H-pyrrole nitrogens is 1. The van der Waals surface area contributed by atoms with Crippen LogP contribution in [0.5, 0.6) is 0 Å². The first-order valence-corrected chi connectivity index (χ1v) is 6.28. The fourth-order valence-corrected chi connectivity index (χ4v) is 2.51. The molecule has 1 unspecified atom stereocenters. The summed E-state index contributed by atoms with van der Waals surface area (Å²) in [6, 6.07) is 5.42. The Balaban J connectivity index is 1.98. The van der Waals surface area contributed by atoms with Gasteiger partial charge in [-0.05, 0) is 37.6 Å². The second kappa shape index (κ2) is 4.70. The molecule has 1 fully saturated rings. The Labute approximate surface area is 112 Å². The van der Waals surface area contributed by atoms with Gasteiger partial charge in [0, 0.05) is 0 Å². The Morgan fingerprint density at radius 2 is 2.42 bits per heavy atom. The fraction of sp³-hybridized carbons (Fsp3) is 0.385. The van der Waals surface area contributed by atoms with Crippen LogP contribution in [0.1, 0.15) is 35.1 Å². The molecule has 1 aliphatic heterocycles. The molecule has 2 aromatic rings. The number of aromatic amines is 1. The van der Waals surface area contributed by atoms with E-state index in [0.717, 1.165) is 36.2 Å². The van der Waals surface area contributed by atoms with E-state index >= 15 is 0 Å². The minimum atomic E-state index is -0.348. The average molecular weight is 255 g/mol. The number of benzene rings is 1. The SMILES string of the molecule is [B]N1CCCC1c1nc2ccc(C(=O)OC)cc2[nH]1. The third kappa shape index (κ3) is 2.12. The molecule has 0 bridgehead atoms. The summed E-state index contributed by atoms with van der Waals surface area (Å²) < 4.78 is 4.71. The topological polar surface area (TPSA) is 58.2 Å². The number of rotatable bonds is 2. The molecule has 2 radical (unpaired) electrons. The predicted octanol–water partition coefficient (Wildman–Crippen LogP) is 1.57. The first-order chi connectivity index (χ1) is 9.19. The number of ether oxygens (including phenoxy) is 1. The Kier molecular flexibility index (Phi) is 3.02. The molecule has 5 nitrogen and oxygen atoms in total. The maximum Gasteiger partial charge on any atom is 0.337 e. The van der Waals surface area contributed by atoms with Gasteiger partial charge in [0.1, 0.15) is 5.82 Å². The molecule has 0 spiro atoms. The third-order valence-corrected chi connectivity index (χ3v) is 3.53. The summed E-state index contributed by atoms with van der Waals surface area (Å²) in [5.74, 6) is 0.511. The van der Waals surface area contributed by atoms with Gasteiger partial charge in [-0.15, -0.1) is 0 Å². The second-order valence-corrected chi connectivity index (χ2v) is 4.74. The predicted molar refractivity (Wildman–Crippen MR) is 71.9 cm³/mol. The van der Waals surface area contributed by atoms with E-state index in [1.807, 2.05) is 6.07 Å². The molecule has 96 valence electrons. The maximum atomic E-state index is 11.5. The first-order valence-electron chi connectivity index (χ1n) is 6.28. The van der Waals surface area contributed by atoms with Crippen LogP contribution in [-0.2, 0) is 4.74 Å². The molecule has 1 aromatic heterocycles. The number of fused-ring (bicyclic) bond motifs is 1. The Morgan fingerprint density at radius 3 is 3.11 bits per heavy atom. The molecule has 1 aromatic carbocycles. The minimum Gasteiger partial charge on any atom is -0.465 e. The van der Waals surface area contributed by atoms with Crippen LogP contribution in [0.4, 0.5) is 0 Å². The van der Waals surface area contributed by atoms with Crippen molar-refractivity contribution < 1.29 is 9.53 Å². The minimum absolute atomic E-state index is 0.133. The molecule has 1 saturated heterocycles. The van der Waals surface area contributed by atoms with Crippen molar-refractivity contribution in [2.45, 2.75) is 18.9 Å². The van der Waals surface area contributed by atoms with Crippen LogP contribution in [0, 0.1) is 0 Å². The molecule has 2 heterocycles. The standard InChI is InChI=1S/C13H14BN3O2/c1-19-13(18)8-4-5-9-10(7-8)16-12(15-9)11-3-2-6-17(11)14/h4-5,7,11H,2-3,6H2,1H3,(H,15,16). The Morgan fingerprint density at radius 1 is 1.58 bits per heavy atom. The van der Waals surface area contributed by atoms with Crippen molar-refractivity contribution in [3.05, 3.63) is 29.6 Å². The quantitative estimate of drug-likeness (QED) is 0.653. The second-order valence-electron chi connectivity index (χ2n) is 4.74. The molecule has 1 N–H and O–H groups in total. The highest BCUT2D eigenvalue weighted by Crippen LogP contribution is 2.29. The van der Waals surface area contributed by atoms with Gasteiger partial charge in [0.15, 0.2) is 7.98 Å². The molecule has 19 heavy (non-hydrogen) atoms. The zero-order valence-corrected chi connectivity index (χ0v) is 10.7. The molecule has 0 amide bonds. The van der Waals surface area contributed by atoms with Crippen LogP contribution in [0.2, 0.25) is 0 Å². The number of carbonyl (C=O) groups is 1. The lowest BCUT2D eigenvalue weighted by Gasteiger charge is -2.16. The lowest BCUT2D eigenvalue weighted by molar-refractivity contribution is 0.0601. The van der Waals surface area contributed by atoms with Crippen molar-refractivity contribution in [1.82, 2.24) is 14.8 Å². The van der Waals surface area contributed by atoms with Gasteiger partial charge in [0.2, 0.25) is 0 Å². The lowest BCUT2D eigenvalue weighted by Crippen LogP contribution is -2.20. The zero-order chi connectivity index (χ0) is 13.4. The van der Waals surface area contributed by atoms with E-state index in [-0.39, 0.29) is 12.0 Å². The highest BCUT2D eigenvalue weighted by atomic mass is 16.5.